The van der Waals surface area contributed by atoms with Crippen LogP contribution in [0.1, 0.15) is 41.0 Å². The van der Waals surface area contributed by atoms with Gasteiger partial charge in [-0.1, -0.05) is 27.7 Å². The van der Waals surface area contributed by atoms with Crippen LogP contribution in [0.25, 0.3) is 0 Å². The van der Waals surface area contributed by atoms with Gasteiger partial charge in [-0.3, -0.25) is 0 Å². The number of hydrogen-bond acceptors (Lipinski definition) is 2. The molecule has 0 spiro atoms. The van der Waals surface area contributed by atoms with E-state index in [-0.39, 0.29) is 0 Å². The average molecular weight is 189 g/mol. The van der Waals surface area contributed by atoms with E-state index in [1.807, 2.05) is 0 Å². The summed E-state index contributed by atoms with van der Waals surface area (Å²) in [6.45, 7) is 12.4. The Hall–Kier alpha value is 0.310. The van der Waals surface area contributed by atoms with Crippen LogP contribution in [0.2, 0.25) is 0 Å². The zero-order valence-electron chi connectivity index (χ0n) is 9.05. The molecule has 2 heteroatoms. The van der Waals surface area contributed by atoms with Crippen molar-refractivity contribution in [3.05, 3.63) is 0 Å². The minimum absolute atomic E-state index is 0.633. The molecule has 74 valence electrons. The van der Waals surface area contributed by atoms with Crippen LogP contribution in [0.5, 0.6) is 0 Å². The summed E-state index contributed by atoms with van der Waals surface area (Å²) >= 11 is 2.09. The van der Waals surface area contributed by atoms with E-state index in [4.69, 9.17) is 0 Å². The molecule has 0 heterocycles. The van der Waals surface area contributed by atoms with Crippen molar-refractivity contribution in [2.45, 2.75) is 57.6 Å². The fourth-order valence-corrected chi connectivity index (χ4v) is 2.33. The van der Waals surface area contributed by atoms with E-state index in [0.717, 1.165) is 17.0 Å². The van der Waals surface area contributed by atoms with Gasteiger partial charge in [0.1, 0.15) is 0 Å². The highest BCUT2D eigenvalue weighted by Gasteiger charge is 2.13. The van der Waals surface area contributed by atoms with Gasteiger partial charge < -0.3 is 5.32 Å². The van der Waals surface area contributed by atoms with Gasteiger partial charge >= 0.3 is 0 Å². The molecule has 0 amide bonds. The molecule has 0 aromatic carbocycles. The average Bonchev–Trinajstić information content (AvgIpc) is 2.04. The fraction of sp³-hybridized carbons (Fsp3) is 1.00. The zero-order valence-corrected chi connectivity index (χ0v) is 9.87. The predicted molar refractivity (Wildman–Crippen MR) is 59.9 cm³/mol. The third kappa shape index (κ3) is 5.04. The molecular weight excluding hydrogens is 166 g/mol. The van der Waals surface area contributed by atoms with Crippen LogP contribution in [0, 0.1) is 0 Å². The van der Waals surface area contributed by atoms with Gasteiger partial charge in [0.15, 0.2) is 0 Å². The topological polar surface area (TPSA) is 12.0 Å². The number of rotatable bonds is 6. The molecule has 0 saturated heterocycles. The molecule has 0 aromatic rings. The Bertz CT molecular complexity index is 106. The molecule has 0 saturated carbocycles. The van der Waals surface area contributed by atoms with Gasteiger partial charge in [0.2, 0.25) is 0 Å². The summed E-state index contributed by atoms with van der Waals surface area (Å²) in [6, 6.07) is 0.633. The first-order valence-corrected chi connectivity index (χ1v) is 5.94. The molecule has 12 heavy (non-hydrogen) atoms. The van der Waals surface area contributed by atoms with E-state index in [1.54, 1.807) is 0 Å². The predicted octanol–water partition coefficient (Wildman–Crippen LogP) is 2.90. The van der Waals surface area contributed by atoms with Gasteiger partial charge in [-0.15, -0.1) is 0 Å². The maximum absolute atomic E-state index is 3.45. The molecule has 0 radical (unpaired) electrons. The van der Waals surface area contributed by atoms with Crippen molar-refractivity contribution in [1.29, 1.82) is 0 Å². The zero-order chi connectivity index (χ0) is 9.56. The molecule has 0 aliphatic heterocycles. The molecule has 3 unspecified atom stereocenters. The summed E-state index contributed by atoms with van der Waals surface area (Å²) in [5.41, 5.74) is 0. The first-order valence-electron chi connectivity index (χ1n) is 5.00. The fourth-order valence-electron chi connectivity index (χ4n) is 1.07. The third-order valence-corrected chi connectivity index (χ3v) is 3.89. The maximum Gasteiger partial charge on any atom is 0.0172 e. The van der Waals surface area contributed by atoms with E-state index in [2.05, 4.69) is 51.7 Å². The second kappa shape index (κ2) is 6.79. The van der Waals surface area contributed by atoms with Crippen molar-refractivity contribution in [1.82, 2.24) is 5.32 Å². The highest BCUT2D eigenvalue weighted by atomic mass is 32.2. The van der Waals surface area contributed by atoms with Gasteiger partial charge in [0.05, 0.1) is 0 Å². The lowest BCUT2D eigenvalue weighted by molar-refractivity contribution is 0.562. The Morgan fingerprint density at radius 1 is 1.17 bits per heavy atom. The van der Waals surface area contributed by atoms with Gasteiger partial charge in [0.25, 0.3) is 0 Å². The quantitative estimate of drug-likeness (QED) is 0.689. The largest absolute Gasteiger partial charge is 0.313 e. The normalized spacial score (nSPS) is 18.8. The van der Waals surface area contributed by atoms with Crippen molar-refractivity contribution in [2.75, 3.05) is 6.54 Å². The summed E-state index contributed by atoms with van der Waals surface area (Å²) in [5.74, 6) is 0. The summed E-state index contributed by atoms with van der Waals surface area (Å²) in [6.07, 6.45) is 1.27. The van der Waals surface area contributed by atoms with Crippen molar-refractivity contribution in [3.63, 3.8) is 0 Å². The second-order valence-corrected chi connectivity index (χ2v) is 5.23. The monoisotopic (exact) mass is 189 g/mol. The number of thioether (sulfide) groups is 1. The minimum atomic E-state index is 0.633. The van der Waals surface area contributed by atoms with Gasteiger partial charge in [-0.05, 0) is 19.9 Å². The molecular formula is C10H23NS. The Kier molecular flexibility index (Phi) is 6.96. The maximum atomic E-state index is 3.45. The van der Waals surface area contributed by atoms with Crippen LogP contribution in [-0.4, -0.2) is 23.1 Å². The van der Waals surface area contributed by atoms with Gasteiger partial charge in [0, 0.05) is 16.5 Å². The van der Waals surface area contributed by atoms with E-state index in [0.29, 0.717) is 6.04 Å². The SMILES string of the molecule is CCNC(C)C(C)SC(C)CC. The molecule has 3 atom stereocenters. The van der Waals surface area contributed by atoms with E-state index < -0.39 is 0 Å². The van der Waals surface area contributed by atoms with Crippen LogP contribution in [0.3, 0.4) is 0 Å². The standard InChI is InChI=1S/C10H23NS/c1-6-8(3)12-10(5)9(4)11-7-2/h8-11H,6-7H2,1-5H3. The smallest absolute Gasteiger partial charge is 0.0172 e. The Labute approximate surface area is 81.7 Å². The van der Waals surface area contributed by atoms with Crippen molar-refractivity contribution in [3.8, 4) is 0 Å². The van der Waals surface area contributed by atoms with Crippen LogP contribution >= 0.6 is 11.8 Å². The van der Waals surface area contributed by atoms with Crippen LogP contribution in [0.4, 0.5) is 0 Å². The Morgan fingerprint density at radius 3 is 2.17 bits per heavy atom. The lowest BCUT2D eigenvalue weighted by Gasteiger charge is -2.22. The summed E-state index contributed by atoms with van der Waals surface area (Å²) < 4.78 is 0. The molecule has 1 N–H and O–H groups in total. The molecule has 0 aliphatic rings. The molecule has 1 nitrogen and oxygen atoms in total. The first kappa shape index (κ1) is 12.3. The lowest BCUT2D eigenvalue weighted by atomic mass is 10.2. The summed E-state index contributed by atoms with van der Waals surface area (Å²) in [4.78, 5) is 0. The Morgan fingerprint density at radius 2 is 1.75 bits per heavy atom. The van der Waals surface area contributed by atoms with Crippen molar-refractivity contribution >= 4 is 11.8 Å². The molecule has 0 rings (SSSR count). The van der Waals surface area contributed by atoms with Crippen molar-refractivity contribution < 1.29 is 0 Å². The number of hydrogen-bond donors (Lipinski definition) is 1. The Balaban J connectivity index is 3.62. The van der Waals surface area contributed by atoms with E-state index in [9.17, 15) is 0 Å². The molecule has 0 aromatic heterocycles. The van der Waals surface area contributed by atoms with Gasteiger partial charge in [-0.2, -0.15) is 11.8 Å². The highest BCUT2D eigenvalue weighted by molar-refractivity contribution is 8.00. The van der Waals surface area contributed by atoms with E-state index in [1.165, 1.54) is 6.42 Å². The van der Waals surface area contributed by atoms with E-state index >= 15 is 0 Å². The summed E-state index contributed by atoms with van der Waals surface area (Å²) in [7, 11) is 0. The molecule has 0 fully saturated rings. The second-order valence-electron chi connectivity index (χ2n) is 3.41. The number of nitrogens with one attached hydrogen (secondary N) is 1. The lowest BCUT2D eigenvalue weighted by Crippen LogP contribution is -2.34. The minimum Gasteiger partial charge on any atom is -0.313 e. The third-order valence-electron chi connectivity index (χ3n) is 2.25. The van der Waals surface area contributed by atoms with Crippen LogP contribution in [0.15, 0.2) is 0 Å². The molecule has 0 bridgehead atoms. The summed E-state index contributed by atoms with van der Waals surface area (Å²) in [5, 5.41) is 4.97. The first-order chi connectivity index (χ1) is 5.61. The van der Waals surface area contributed by atoms with Gasteiger partial charge in [-0.25, -0.2) is 0 Å². The highest BCUT2D eigenvalue weighted by Crippen LogP contribution is 2.21. The van der Waals surface area contributed by atoms with Crippen LogP contribution < -0.4 is 5.32 Å². The van der Waals surface area contributed by atoms with Crippen LogP contribution in [-0.2, 0) is 0 Å². The molecule has 0 aliphatic carbocycles. The van der Waals surface area contributed by atoms with Crippen molar-refractivity contribution in [2.24, 2.45) is 0 Å².